The molecule has 3 rings (SSSR count). The van der Waals surface area contributed by atoms with Gasteiger partial charge in [0.2, 0.25) is 0 Å². The Balaban J connectivity index is 1.86. The van der Waals surface area contributed by atoms with Crippen LogP contribution in [0, 0.1) is 11.2 Å². The fourth-order valence-electron chi connectivity index (χ4n) is 3.03. The number of hydrogen-bond acceptors (Lipinski definition) is 5. The van der Waals surface area contributed by atoms with Crippen molar-refractivity contribution in [3.05, 3.63) is 76.7 Å². The molecule has 2 aromatic rings. The predicted molar refractivity (Wildman–Crippen MR) is 104 cm³/mol. The summed E-state index contributed by atoms with van der Waals surface area (Å²) >= 11 is 0. The van der Waals surface area contributed by atoms with Crippen LogP contribution in [0.25, 0.3) is 5.57 Å². The number of carbonyl (C=O) groups is 1. The van der Waals surface area contributed by atoms with E-state index in [1.54, 1.807) is 30.3 Å². The van der Waals surface area contributed by atoms with Gasteiger partial charge in [-0.25, -0.2) is 4.39 Å². The Morgan fingerprint density at radius 3 is 2.54 bits per heavy atom. The van der Waals surface area contributed by atoms with Gasteiger partial charge in [0.15, 0.2) is 6.29 Å². The average Bonchev–Trinajstić information content (AvgIpc) is 3.24. The summed E-state index contributed by atoms with van der Waals surface area (Å²) in [6, 6.07) is 10.8. The van der Waals surface area contributed by atoms with E-state index < -0.39 is 6.29 Å². The van der Waals surface area contributed by atoms with Crippen LogP contribution in [0.15, 0.2) is 48.7 Å². The van der Waals surface area contributed by atoms with E-state index in [0.29, 0.717) is 35.5 Å². The molecular formula is C21H22FN3O3. The van der Waals surface area contributed by atoms with Crippen LogP contribution in [-0.2, 0) is 9.47 Å². The molecule has 1 atom stereocenters. The van der Waals surface area contributed by atoms with Crippen LogP contribution in [0.3, 0.4) is 0 Å². The lowest BCUT2D eigenvalue weighted by atomic mass is 9.97. The summed E-state index contributed by atoms with van der Waals surface area (Å²) in [5.74, 6) is -0.607. The standard InChI is InChI=1S/C21H22FN3O3/c1-13(14-2-5-17(22)6-3-14)25-20(26)15-4-7-18(16(11-23)12-24)19(10-15)21-27-8-9-28-21/h2-7,10-13,21,23H,8-9,24H2,1H3,(H,25,26)/b16-12+,23-11?. The fourth-order valence-corrected chi connectivity index (χ4v) is 3.03. The second-order valence-electron chi connectivity index (χ2n) is 6.39. The van der Waals surface area contributed by atoms with E-state index in [1.807, 2.05) is 6.92 Å². The van der Waals surface area contributed by atoms with Crippen molar-refractivity contribution in [1.29, 1.82) is 5.41 Å². The SMILES string of the molecule is CC(NC(=O)c1ccc(/C(C=N)=C/N)c(C2OCCO2)c1)c1ccc(F)cc1. The summed E-state index contributed by atoms with van der Waals surface area (Å²) in [7, 11) is 0. The number of ether oxygens (including phenoxy) is 2. The monoisotopic (exact) mass is 383 g/mol. The van der Waals surface area contributed by atoms with Crippen molar-refractivity contribution in [2.45, 2.75) is 19.3 Å². The number of nitrogens with one attached hydrogen (secondary N) is 2. The first-order valence-electron chi connectivity index (χ1n) is 8.89. The Hall–Kier alpha value is -3.03. The second-order valence-corrected chi connectivity index (χ2v) is 6.39. The maximum atomic E-state index is 13.1. The third-order valence-corrected chi connectivity index (χ3v) is 4.55. The summed E-state index contributed by atoms with van der Waals surface area (Å²) < 4.78 is 24.3. The summed E-state index contributed by atoms with van der Waals surface area (Å²) in [5.41, 5.74) is 8.66. The topological polar surface area (TPSA) is 97.4 Å². The van der Waals surface area contributed by atoms with Gasteiger partial charge in [0.05, 0.1) is 19.3 Å². The van der Waals surface area contributed by atoms with E-state index in [9.17, 15) is 9.18 Å². The molecule has 1 aliphatic rings. The van der Waals surface area contributed by atoms with Crippen molar-refractivity contribution in [2.75, 3.05) is 13.2 Å². The van der Waals surface area contributed by atoms with E-state index in [4.69, 9.17) is 20.6 Å². The number of amides is 1. The molecule has 1 heterocycles. The molecule has 28 heavy (non-hydrogen) atoms. The largest absolute Gasteiger partial charge is 0.404 e. The third kappa shape index (κ3) is 4.27. The molecule has 6 nitrogen and oxygen atoms in total. The molecule has 0 aromatic heterocycles. The zero-order chi connectivity index (χ0) is 20.1. The van der Waals surface area contributed by atoms with E-state index in [0.717, 1.165) is 11.8 Å². The molecule has 0 bridgehead atoms. The van der Waals surface area contributed by atoms with Crippen molar-refractivity contribution in [1.82, 2.24) is 5.32 Å². The van der Waals surface area contributed by atoms with Crippen LogP contribution in [0.4, 0.5) is 4.39 Å². The molecule has 1 saturated heterocycles. The summed E-state index contributed by atoms with van der Waals surface area (Å²) in [6.07, 6.45) is 1.86. The van der Waals surface area contributed by atoms with Crippen LogP contribution in [0.1, 0.15) is 46.3 Å². The van der Waals surface area contributed by atoms with Gasteiger partial charge in [0.1, 0.15) is 5.82 Å². The molecule has 0 radical (unpaired) electrons. The highest BCUT2D eigenvalue weighted by molar-refractivity contribution is 6.09. The quantitative estimate of drug-likeness (QED) is 0.667. The van der Waals surface area contributed by atoms with Crippen LogP contribution in [0.2, 0.25) is 0 Å². The highest BCUT2D eigenvalue weighted by Gasteiger charge is 2.24. The maximum Gasteiger partial charge on any atom is 0.251 e. The first kappa shape index (κ1) is 19.7. The lowest BCUT2D eigenvalue weighted by Crippen LogP contribution is -2.27. The van der Waals surface area contributed by atoms with E-state index in [-0.39, 0.29) is 17.8 Å². The van der Waals surface area contributed by atoms with Crippen LogP contribution in [0.5, 0.6) is 0 Å². The zero-order valence-electron chi connectivity index (χ0n) is 15.4. The lowest BCUT2D eigenvalue weighted by molar-refractivity contribution is -0.0442. The fraction of sp³-hybridized carbons (Fsp3) is 0.238. The minimum Gasteiger partial charge on any atom is -0.404 e. The van der Waals surface area contributed by atoms with Gasteiger partial charge in [-0.15, -0.1) is 0 Å². The van der Waals surface area contributed by atoms with Crippen molar-refractivity contribution >= 4 is 17.7 Å². The smallest absolute Gasteiger partial charge is 0.251 e. The molecule has 1 fully saturated rings. The van der Waals surface area contributed by atoms with Crippen LogP contribution in [-0.4, -0.2) is 25.3 Å². The average molecular weight is 383 g/mol. The van der Waals surface area contributed by atoms with Crippen molar-refractivity contribution < 1.29 is 18.7 Å². The highest BCUT2D eigenvalue weighted by Crippen LogP contribution is 2.31. The minimum atomic E-state index is -0.618. The lowest BCUT2D eigenvalue weighted by Gasteiger charge is -2.18. The number of rotatable bonds is 6. The molecule has 2 aromatic carbocycles. The number of nitrogens with two attached hydrogens (primary N) is 1. The van der Waals surface area contributed by atoms with Gasteiger partial charge in [-0.05, 0) is 42.3 Å². The molecule has 1 aliphatic heterocycles. The van der Waals surface area contributed by atoms with E-state index in [1.165, 1.54) is 18.3 Å². The molecule has 1 amide bonds. The number of carbonyl (C=O) groups excluding carboxylic acids is 1. The first-order chi connectivity index (χ1) is 13.5. The Morgan fingerprint density at radius 2 is 1.93 bits per heavy atom. The summed E-state index contributed by atoms with van der Waals surface area (Å²) in [4.78, 5) is 12.7. The van der Waals surface area contributed by atoms with Crippen LogP contribution < -0.4 is 11.1 Å². The number of hydrogen-bond donors (Lipinski definition) is 3. The Bertz CT molecular complexity index is 890. The molecule has 4 N–H and O–H groups in total. The predicted octanol–water partition coefficient (Wildman–Crippen LogP) is 3.31. The molecule has 146 valence electrons. The molecule has 0 saturated carbocycles. The van der Waals surface area contributed by atoms with Gasteiger partial charge in [-0.3, -0.25) is 4.79 Å². The minimum absolute atomic E-state index is 0.282. The second kappa shape index (κ2) is 8.77. The number of halogens is 1. The molecule has 0 spiro atoms. The van der Waals surface area contributed by atoms with Gasteiger partial charge in [0, 0.05) is 29.1 Å². The summed E-state index contributed by atoms with van der Waals surface area (Å²) in [5, 5.41) is 10.4. The van der Waals surface area contributed by atoms with Crippen molar-refractivity contribution in [3.8, 4) is 0 Å². The highest BCUT2D eigenvalue weighted by atomic mass is 19.1. The van der Waals surface area contributed by atoms with E-state index in [2.05, 4.69) is 5.32 Å². The summed E-state index contributed by atoms with van der Waals surface area (Å²) in [6.45, 7) is 2.73. The van der Waals surface area contributed by atoms with Gasteiger partial charge in [0.25, 0.3) is 5.91 Å². The normalized spacial score (nSPS) is 16.0. The first-order valence-corrected chi connectivity index (χ1v) is 8.89. The zero-order valence-corrected chi connectivity index (χ0v) is 15.4. The third-order valence-electron chi connectivity index (χ3n) is 4.55. The van der Waals surface area contributed by atoms with Gasteiger partial charge in [-0.2, -0.15) is 0 Å². The van der Waals surface area contributed by atoms with Gasteiger partial charge < -0.3 is 25.9 Å². The van der Waals surface area contributed by atoms with Gasteiger partial charge in [-0.1, -0.05) is 18.2 Å². The molecule has 1 unspecified atom stereocenters. The molecular weight excluding hydrogens is 361 g/mol. The Morgan fingerprint density at radius 1 is 1.25 bits per heavy atom. The van der Waals surface area contributed by atoms with Gasteiger partial charge >= 0.3 is 0 Å². The maximum absolute atomic E-state index is 13.1. The molecule has 7 heteroatoms. The number of benzene rings is 2. The Labute approximate surface area is 162 Å². The van der Waals surface area contributed by atoms with Crippen molar-refractivity contribution in [2.24, 2.45) is 5.73 Å². The molecule has 0 aliphatic carbocycles. The van der Waals surface area contributed by atoms with Crippen molar-refractivity contribution in [3.63, 3.8) is 0 Å². The van der Waals surface area contributed by atoms with Crippen LogP contribution >= 0.6 is 0 Å². The number of allylic oxidation sites excluding steroid dienone is 1. The van der Waals surface area contributed by atoms with E-state index >= 15 is 0 Å². The Kier molecular flexibility index (Phi) is 6.18.